The zero-order chi connectivity index (χ0) is 16.4. The molecular formula is C18H15NO4. The zero-order valence-corrected chi connectivity index (χ0v) is 12.6. The van der Waals surface area contributed by atoms with Crippen LogP contribution < -0.4 is 0 Å². The van der Waals surface area contributed by atoms with Crippen LogP contribution >= 0.6 is 0 Å². The minimum atomic E-state index is -1.08. The first kappa shape index (κ1) is 15.0. The first-order chi connectivity index (χ1) is 11.1. The lowest BCUT2D eigenvalue weighted by Crippen LogP contribution is -2.39. The molecule has 116 valence electrons. The van der Waals surface area contributed by atoms with Crippen LogP contribution in [0.15, 0.2) is 54.6 Å². The predicted molar refractivity (Wildman–Crippen MR) is 82.8 cm³/mol. The van der Waals surface area contributed by atoms with Crippen molar-refractivity contribution in [1.82, 2.24) is 4.90 Å². The Balaban J connectivity index is 2.07. The molecule has 1 atom stereocenters. The summed E-state index contributed by atoms with van der Waals surface area (Å²) in [6.45, 7) is 1.85. The van der Waals surface area contributed by atoms with Crippen LogP contribution in [0.2, 0.25) is 0 Å². The van der Waals surface area contributed by atoms with E-state index >= 15 is 0 Å². The lowest BCUT2D eigenvalue weighted by molar-refractivity contribution is -0.148. The molecule has 2 aromatic carbocycles. The summed E-state index contributed by atoms with van der Waals surface area (Å²) >= 11 is 0. The van der Waals surface area contributed by atoms with Gasteiger partial charge in [0.1, 0.15) is 0 Å². The molecule has 0 bridgehead atoms. The van der Waals surface area contributed by atoms with Gasteiger partial charge < -0.3 is 4.74 Å². The molecule has 5 nitrogen and oxygen atoms in total. The number of hydrogen-bond donors (Lipinski definition) is 0. The van der Waals surface area contributed by atoms with Crippen LogP contribution in [0.1, 0.15) is 39.2 Å². The summed E-state index contributed by atoms with van der Waals surface area (Å²) in [5.74, 6) is -1.58. The van der Waals surface area contributed by atoms with Crippen molar-refractivity contribution in [3.05, 3.63) is 71.3 Å². The molecule has 23 heavy (non-hydrogen) atoms. The third-order valence-corrected chi connectivity index (χ3v) is 3.71. The molecule has 0 saturated heterocycles. The quantitative estimate of drug-likeness (QED) is 0.643. The van der Waals surface area contributed by atoms with Crippen molar-refractivity contribution in [2.24, 2.45) is 0 Å². The van der Waals surface area contributed by atoms with Gasteiger partial charge in [-0.1, -0.05) is 42.5 Å². The van der Waals surface area contributed by atoms with Crippen molar-refractivity contribution in [1.29, 1.82) is 0 Å². The Morgan fingerprint density at radius 2 is 1.48 bits per heavy atom. The van der Waals surface area contributed by atoms with Crippen LogP contribution in [-0.4, -0.2) is 29.3 Å². The fraction of sp³-hybridized carbons (Fsp3) is 0.167. The van der Waals surface area contributed by atoms with E-state index in [1.165, 1.54) is 0 Å². The highest BCUT2D eigenvalue weighted by atomic mass is 16.5. The number of rotatable bonds is 4. The molecule has 1 aliphatic rings. The van der Waals surface area contributed by atoms with E-state index in [1.807, 2.05) is 0 Å². The topological polar surface area (TPSA) is 63.7 Å². The molecule has 2 aromatic rings. The highest BCUT2D eigenvalue weighted by molar-refractivity contribution is 6.22. The SMILES string of the molecule is CCOC(=O)C(c1ccccc1)N1C(=O)c2ccccc2C1=O. The number of benzene rings is 2. The number of amides is 2. The number of ether oxygens (including phenoxy) is 1. The van der Waals surface area contributed by atoms with Gasteiger partial charge in [0.2, 0.25) is 0 Å². The maximum atomic E-state index is 12.6. The smallest absolute Gasteiger partial charge is 0.334 e. The first-order valence-electron chi connectivity index (χ1n) is 7.33. The second-order valence-electron chi connectivity index (χ2n) is 5.09. The average Bonchev–Trinajstić information content (AvgIpc) is 2.82. The molecule has 0 spiro atoms. The Kier molecular flexibility index (Phi) is 3.93. The molecule has 1 unspecified atom stereocenters. The van der Waals surface area contributed by atoms with Crippen LogP contribution in [0.3, 0.4) is 0 Å². The lowest BCUT2D eigenvalue weighted by atomic mass is 10.1. The normalized spacial score (nSPS) is 14.6. The van der Waals surface area contributed by atoms with Crippen molar-refractivity contribution >= 4 is 17.8 Å². The Morgan fingerprint density at radius 3 is 2.00 bits per heavy atom. The molecular weight excluding hydrogens is 294 g/mol. The van der Waals surface area contributed by atoms with E-state index in [0.717, 1.165) is 4.90 Å². The Labute approximate surface area is 133 Å². The molecule has 0 aromatic heterocycles. The number of esters is 1. The van der Waals surface area contributed by atoms with Crippen molar-refractivity contribution in [3.63, 3.8) is 0 Å². The minimum absolute atomic E-state index is 0.172. The Morgan fingerprint density at radius 1 is 0.957 bits per heavy atom. The van der Waals surface area contributed by atoms with E-state index in [4.69, 9.17) is 4.74 Å². The van der Waals surface area contributed by atoms with Crippen LogP contribution in [-0.2, 0) is 9.53 Å². The molecule has 0 fully saturated rings. The molecule has 0 radical (unpaired) electrons. The highest BCUT2D eigenvalue weighted by Gasteiger charge is 2.44. The number of hydrogen-bond acceptors (Lipinski definition) is 4. The molecule has 2 amide bonds. The Hall–Kier alpha value is -2.95. The standard InChI is InChI=1S/C18H15NO4/c1-2-23-18(22)15(12-8-4-3-5-9-12)19-16(20)13-10-6-7-11-14(13)17(19)21/h3-11,15H,2H2,1H3. The molecule has 5 heteroatoms. The summed E-state index contributed by atoms with van der Waals surface area (Å²) < 4.78 is 5.08. The lowest BCUT2D eigenvalue weighted by Gasteiger charge is -2.24. The summed E-state index contributed by atoms with van der Waals surface area (Å²) in [5.41, 5.74) is 1.16. The van der Waals surface area contributed by atoms with E-state index in [9.17, 15) is 14.4 Å². The van der Waals surface area contributed by atoms with E-state index in [0.29, 0.717) is 16.7 Å². The van der Waals surface area contributed by atoms with Crippen LogP contribution in [0, 0.1) is 0 Å². The van der Waals surface area contributed by atoms with E-state index in [2.05, 4.69) is 0 Å². The van der Waals surface area contributed by atoms with Crippen molar-refractivity contribution < 1.29 is 19.1 Å². The van der Waals surface area contributed by atoms with Gasteiger partial charge in [-0.2, -0.15) is 0 Å². The molecule has 1 aliphatic heterocycles. The van der Waals surface area contributed by atoms with Gasteiger partial charge in [0.15, 0.2) is 6.04 Å². The van der Waals surface area contributed by atoms with Crippen LogP contribution in [0.25, 0.3) is 0 Å². The van der Waals surface area contributed by atoms with Gasteiger partial charge in [0.05, 0.1) is 17.7 Å². The number of carbonyl (C=O) groups is 3. The molecule has 0 saturated carbocycles. The second-order valence-corrected chi connectivity index (χ2v) is 5.09. The van der Waals surface area contributed by atoms with Crippen molar-refractivity contribution in [3.8, 4) is 0 Å². The van der Waals surface area contributed by atoms with Crippen molar-refractivity contribution in [2.75, 3.05) is 6.61 Å². The van der Waals surface area contributed by atoms with Crippen LogP contribution in [0.5, 0.6) is 0 Å². The Bertz CT molecular complexity index is 735. The highest BCUT2D eigenvalue weighted by Crippen LogP contribution is 2.32. The van der Waals surface area contributed by atoms with Gasteiger partial charge in [-0.05, 0) is 24.6 Å². The second kappa shape index (κ2) is 6.04. The van der Waals surface area contributed by atoms with E-state index in [1.54, 1.807) is 61.5 Å². The van der Waals surface area contributed by atoms with Crippen LogP contribution in [0.4, 0.5) is 0 Å². The monoisotopic (exact) mass is 309 g/mol. The predicted octanol–water partition coefficient (Wildman–Crippen LogP) is 2.59. The maximum absolute atomic E-state index is 12.6. The largest absolute Gasteiger partial charge is 0.464 e. The summed E-state index contributed by atoms with van der Waals surface area (Å²) in [5, 5.41) is 0. The summed E-state index contributed by atoms with van der Waals surface area (Å²) in [4.78, 5) is 38.6. The molecule has 1 heterocycles. The van der Waals surface area contributed by atoms with Gasteiger partial charge >= 0.3 is 5.97 Å². The maximum Gasteiger partial charge on any atom is 0.334 e. The molecule has 0 N–H and O–H groups in total. The van der Waals surface area contributed by atoms with Gasteiger partial charge in [-0.15, -0.1) is 0 Å². The fourth-order valence-electron chi connectivity index (χ4n) is 2.69. The van der Waals surface area contributed by atoms with Gasteiger partial charge in [0.25, 0.3) is 11.8 Å². The third kappa shape index (κ3) is 2.50. The van der Waals surface area contributed by atoms with Gasteiger partial charge in [0, 0.05) is 0 Å². The van der Waals surface area contributed by atoms with E-state index < -0.39 is 23.8 Å². The number of nitrogens with zero attached hydrogens (tertiary/aromatic N) is 1. The van der Waals surface area contributed by atoms with Crippen molar-refractivity contribution in [2.45, 2.75) is 13.0 Å². The summed E-state index contributed by atoms with van der Waals surface area (Å²) in [6, 6.07) is 14.2. The number of imide groups is 1. The summed E-state index contributed by atoms with van der Waals surface area (Å²) in [7, 11) is 0. The first-order valence-corrected chi connectivity index (χ1v) is 7.33. The average molecular weight is 309 g/mol. The third-order valence-electron chi connectivity index (χ3n) is 3.71. The number of fused-ring (bicyclic) bond motifs is 1. The zero-order valence-electron chi connectivity index (χ0n) is 12.6. The number of carbonyl (C=O) groups excluding carboxylic acids is 3. The summed E-state index contributed by atoms with van der Waals surface area (Å²) in [6.07, 6.45) is 0. The fourth-order valence-corrected chi connectivity index (χ4v) is 2.69. The van der Waals surface area contributed by atoms with Gasteiger partial charge in [-0.3, -0.25) is 14.5 Å². The minimum Gasteiger partial charge on any atom is -0.464 e. The van der Waals surface area contributed by atoms with Gasteiger partial charge in [-0.25, -0.2) is 4.79 Å². The van der Waals surface area contributed by atoms with E-state index in [-0.39, 0.29) is 6.61 Å². The molecule has 3 rings (SSSR count). The molecule has 0 aliphatic carbocycles.